The topological polar surface area (TPSA) is 113 Å². The molecule has 1 aromatic carbocycles. The number of nitrogens with one attached hydrogen (secondary N) is 3. The number of hydrogen-bond donors (Lipinski definition) is 4. The van der Waals surface area contributed by atoms with E-state index < -0.39 is 18.0 Å². The molecular weight excluding hydrogens is 212 g/mol. The first-order valence-corrected chi connectivity index (χ1v) is 4.31. The summed E-state index contributed by atoms with van der Waals surface area (Å²) in [5.74, 6) is -0.500. The average Bonchev–Trinajstić information content (AvgIpc) is 2.26. The fraction of sp³-hybridized carbons (Fsp3) is 0. The number of carbonyl (C=O) groups is 3. The zero-order valence-electron chi connectivity index (χ0n) is 8.19. The Morgan fingerprint density at radius 1 is 1.00 bits per heavy atom. The Labute approximate surface area is 91.0 Å². The molecule has 0 aliphatic heterocycles. The molecule has 0 aliphatic carbocycles. The van der Waals surface area contributed by atoms with Crippen molar-refractivity contribution in [3.8, 4) is 0 Å². The highest BCUT2D eigenvalue weighted by Crippen LogP contribution is 1.96. The van der Waals surface area contributed by atoms with Gasteiger partial charge in [0.05, 0.1) is 0 Å². The van der Waals surface area contributed by atoms with Crippen molar-refractivity contribution < 1.29 is 14.4 Å². The van der Waals surface area contributed by atoms with Gasteiger partial charge in [0.25, 0.3) is 5.91 Å². The quantitative estimate of drug-likeness (QED) is 0.489. The number of imide groups is 1. The zero-order chi connectivity index (χ0) is 12.0. The van der Waals surface area contributed by atoms with E-state index in [1.165, 1.54) is 0 Å². The summed E-state index contributed by atoms with van der Waals surface area (Å²) in [6.45, 7) is 0. The Morgan fingerprint density at radius 3 is 2.19 bits per heavy atom. The molecule has 0 unspecified atom stereocenters. The maximum atomic E-state index is 11.4. The first-order valence-electron chi connectivity index (χ1n) is 4.31. The fourth-order valence-corrected chi connectivity index (χ4v) is 0.918. The molecule has 1 aromatic rings. The lowest BCUT2D eigenvalue weighted by molar-refractivity contribution is 0.0936. The van der Waals surface area contributed by atoms with Crippen LogP contribution in [0.25, 0.3) is 0 Å². The maximum Gasteiger partial charge on any atom is 0.341 e. The van der Waals surface area contributed by atoms with E-state index in [1.807, 2.05) is 5.43 Å². The van der Waals surface area contributed by atoms with E-state index >= 15 is 0 Å². The number of hydrogen-bond acceptors (Lipinski definition) is 3. The van der Waals surface area contributed by atoms with Crippen molar-refractivity contribution in [1.29, 1.82) is 0 Å². The second kappa shape index (κ2) is 5.35. The highest BCUT2D eigenvalue weighted by atomic mass is 16.2. The van der Waals surface area contributed by atoms with Crippen LogP contribution in [0, 0.1) is 0 Å². The summed E-state index contributed by atoms with van der Waals surface area (Å²) in [5, 5.41) is 1.72. The molecule has 0 bridgehead atoms. The van der Waals surface area contributed by atoms with Crippen molar-refractivity contribution in [3.05, 3.63) is 35.9 Å². The summed E-state index contributed by atoms with van der Waals surface area (Å²) in [5.41, 5.74) is 9.12. The number of nitrogens with two attached hydrogens (primary N) is 1. The van der Waals surface area contributed by atoms with Gasteiger partial charge in [0.1, 0.15) is 0 Å². The van der Waals surface area contributed by atoms with E-state index in [4.69, 9.17) is 0 Å². The van der Waals surface area contributed by atoms with Crippen LogP contribution >= 0.6 is 0 Å². The molecule has 7 heteroatoms. The zero-order valence-corrected chi connectivity index (χ0v) is 8.19. The lowest BCUT2D eigenvalue weighted by Gasteiger charge is -2.06. The van der Waals surface area contributed by atoms with Crippen LogP contribution in [-0.2, 0) is 0 Å². The molecule has 0 spiro atoms. The summed E-state index contributed by atoms with van der Waals surface area (Å²) < 4.78 is 0. The van der Waals surface area contributed by atoms with Crippen molar-refractivity contribution in [2.24, 2.45) is 5.73 Å². The minimum atomic E-state index is -1.01. The molecule has 0 saturated carbocycles. The van der Waals surface area contributed by atoms with Gasteiger partial charge in [0.15, 0.2) is 0 Å². The Kier molecular flexibility index (Phi) is 3.84. The van der Waals surface area contributed by atoms with Gasteiger partial charge in [-0.05, 0) is 12.1 Å². The van der Waals surface area contributed by atoms with Gasteiger partial charge in [-0.25, -0.2) is 15.0 Å². The number of carbonyl (C=O) groups excluding carboxylic acids is 3. The Bertz CT molecular complexity index is 404. The molecule has 5 amide bonds. The summed E-state index contributed by atoms with van der Waals surface area (Å²) in [7, 11) is 0. The molecule has 0 fully saturated rings. The fourth-order valence-electron chi connectivity index (χ4n) is 0.918. The second-order valence-electron chi connectivity index (χ2n) is 2.76. The molecule has 7 nitrogen and oxygen atoms in total. The molecular formula is C9H10N4O3. The molecule has 0 heterocycles. The van der Waals surface area contributed by atoms with Crippen LogP contribution in [0.4, 0.5) is 9.59 Å². The average molecular weight is 222 g/mol. The lowest BCUT2D eigenvalue weighted by atomic mass is 10.2. The molecule has 0 saturated heterocycles. The molecule has 0 aliphatic rings. The van der Waals surface area contributed by atoms with E-state index in [2.05, 4.69) is 11.2 Å². The van der Waals surface area contributed by atoms with E-state index in [9.17, 15) is 14.4 Å². The highest BCUT2D eigenvalue weighted by Gasteiger charge is 2.06. The Morgan fingerprint density at radius 2 is 1.62 bits per heavy atom. The van der Waals surface area contributed by atoms with Crippen LogP contribution in [0.1, 0.15) is 10.4 Å². The van der Waals surface area contributed by atoms with Gasteiger partial charge in [-0.15, -0.1) is 0 Å². The number of hydrazine groups is 1. The van der Waals surface area contributed by atoms with E-state index in [0.29, 0.717) is 5.56 Å². The van der Waals surface area contributed by atoms with Gasteiger partial charge < -0.3 is 5.73 Å². The molecule has 84 valence electrons. The third-order valence-corrected chi connectivity index (χ3v) is 1.56. The maximum absolute atomic E-state index is 11.4. The standard InChI is InChI=1S/C9H10N4O3/c10-8(15)11-9(16)13-12-7(14)6-4-2-1-3-5-6/h1-5H,(H,12,14)(H4,10,11,13,15,16). The first-order chi connectivity index (χ1) is 7.59. The predicted molar refractivity (Wildman–Crippen MR) is 55.2 cm³/mol. The van der Waals surface area contributed by atoms with E-state index in [1.54, 1.807) is 35.6 Å². The third kappa shape index (κ3) is 3.66. The number of rotatable bonds is 1. The normalized spacial score (nSPS) is 9.00. The van der Waals surface area contributed by atoms with Crippen LogP contribution in [0.5, 0.6) is 0 Å². The Hall–Kier alpha value is -2.57. The van der Waals surface area contributed by atoms with Crippen LogP contribution in [0.15, 0.2) is 30.3 Å². The van der Waals surface area contributed by atoms with Crippen molar-refractivity contribution >= 4 is 18.0 Å². The smallest absolute Gasteiger partial charge is 0.341 e. The summed E-state index contributed by atoms with van der Waals surface area (Å²) in [4.78, 5) is 32.5. The summed E-state index contributed by atoms with van der Waals surface area (Å²) in [6, 6.07) is 6.34. The van der Waals surface area contributed by atoms with Gasteiger partial charge in [0, 0.05) is 5.56 Å². The van der Waals surface area contributed by atoms with Crippen molar-refractivity contribution in [2.45, 2.75) is 0 Å². The molecule has 5 N–H and O–H groups in total. The van der Waals surface area contributed by atoms with Gasteiger partial charge in [0.2, 0.25) is 0 Å². The summed E-state index contributed by atoms with van der Waals surface area (Å²) in [6.07, 6.45) is 0. The van der Waals surface area contributed by atoms with Crippen molar-refractivity contribution in [2.75, 3.05) is 0 Å². The second-order valence-corrected chi connectivity index (χ2v) is 2.76. The number of benzene rings is 1. The molecule has 0 radical (unpaired) electrons. The van der Waals surface area contributed by atoms with E-state index in [0.717, 1.165) is 0 Å². The monoisotopic (exact) mass is 222 g/mol. The third-order valence-electron chi connectivity index (χ3n) is 1.56. The minimum Gasteiger partial charge on any atom is -0.351 e. The van der Waals surface area contributed by atoms with Gasteiger partial charge >= 0.3 is 12.1 Å². The van der Waals surface area contributed by atoms with Gasteiger partial charge in [-0.2, -0.15) is 0 Å². The molecule has 16 heavy (non-hydrogen) atoms. The number of primary amides is 1. The molecule has 1 rings (SSSR count). The first kappa shape index (κ1) is 11.5. The van der Waals surface area contributed by atoms with Crippen LogP contribution in [0.2, 0.25) is 0 Å². The number of urea groups is 2. The number of amides is 5. The van der Waals surface area contributed by atoms with E-state index in [-0.39, 0.29) is 0 Å². The minimum absolute atomic E-state index is 0.377. The largest absolute Gasteiger partial charge is 0.351 e. The Balaban J connectivity index is 2.42. The predicted octanol–water partition coefficient (Wildman–Crippen LogP) is -0.291. The van der Waals surface area contributed by atoms with Gasteiger partial charge in [-0.1, -0.05) is 18.2 Å². The lowest BCUT2D eigenvalue weighted by Crippen LogP contribution is -2.49. The highest BCUT2D eigenvalue weighted by molar-refractivity contribution is 5.97. The van der Waals surface area contributed by atoms with Crippen LogP contribution in [-0.4, -0.2) is 18.0 Å². The van der Waals surface area contributed by atoms with Crippen LogP contribution < -0.4 is 21.9 Å². The van der Waals surface area contributed by atoms with Crippen molar-refractivity contribution in [1.82, 2.24) is 16.2 Å². The van der Waals surface area contributed by atoms with Crippen LogP contribution in [0.3, 0.4) is 0 Å². The van der Waals surface area contributed by atoms with Crippen molar-refractivity contribution in [3.63, 3.8) is 0 Å². The molecule has 0 aromatic heterocycles. The molecule has 0 atom stereocenters. The SMILES string of the molecule is NC(=O)NC(=O)NNC(=O)c1ccccc1. The van der Waals surface area contributed by atoms with Gasteiger partial charge in [-0.3, -0.25) is 15.5 Å². The summed E-state index contributed by atoms with van der Waals surface area (Å²) >= 11 is 0.